The van der Waals surface area contributed by atoms with Crippen molar-refractivity contribution in [3.05, 3.63) is 317 Å². The molecule has 0 saturated carbocycles. The quantitative estimate of drug-likeness (QED) is 0.0346. The van der Waals surface area contributed by atoms with Crippen molar-refractivity contribution in [1.82, 2.24) is 0 Å². The molecule has 16 heteroatoms. The van der Waals surface area contributed by atoms with Crippen LogP contribution in [0.1, 0.15) is 50.1 Å². The summed E-state index contributed by atoms with van der Waals surface area (Å²) >= 11 is 0. The van der Waals surface area contributed by atoms with Gasteiger partial charge in [0, 0.05) is 0 Å². The molecule has 15 atom stereocenters. The van der Waals surface area contributed by atoms with Crippen LogP contribution in [0.25, 0.3) is 0 Å². The van der Waals surface area contributed by atoms with Crippen LogP contribution in [0.15, 0.2) is 267 Å². The molecular formula is C82H86O16. The van der Waals surface area contributed by atoms with Crippen molar-refractivity contribution in [2.75, 3.05) is 26.9 Å². The van der Waals surface area contributed by atoms with E-state index in [0.29, 0.717) is 13.2 Å². The molecule has 510 valence electrons. The first-order valence-corrected chi connectivity index (χ1v) is 33.8. The molecule has 0 amide bonds. The first-order valence-electron chi connectivity index (χ1n) is 33.8. The Labute approximate surface area is 574 Å². The summed E-state index contributed by atoms with van der Waals surface area (Å²) in [6.45, 7) is 2.22. The van der Waals surface area contributed by atoms with E-state index in [1.807, 2.05) is 267 Å². The van der Waals surface area contributed by atoms with Gasteiger partial charge in [0.15, 0.2) is 18.9 Å². The minimum atomic E-state index is -1.22. The second-order valence-corrected chi connectivity index (χ2v) is 24.9. The number of hydrogen-bond acceptors (Lipinski definition) is 16. The third kappa shape index (κ3) is 19.3. The van der Waals surface area contributed by atoms with Gasteiger partial charge >= 0.3 is 0 Å². The molecule has 0 aliphatic carbocycles. The lowest BCUT2D eigenvalue weighted by Gasteiger charge is -2.51. The molecule has 4 aliphatic rings. The molecule has 9 aromatic carbocycles. The molecule has 13 rings (SSSR count). The zero-order chi connectivity index (χ0) is 66.3. The van der Waals surface area contributed by atoms with Gasteiger partial charge < -0.3 is 75.8 Å². The third-order valence-electron chi connectivity index (χ3n) is 17.8. The monoisotopic (exact) mass is 1330 g/mol. The summed E-state index contributed by atoms with van der Waals surface area (Å²) in [5.74, 6) is 0.721. The van der Waals surface area contributed by atoms with Gasteiger partial charge in [0.05, 0.1) is 86.4 Å². The van der Waals surface area contributed by atoms with Crippen LogP contribution in [0.2, 0.25) is 0 Å². The molecule has 4 saturated heterocycles. The van der Waals surface area contributed by atoms with E-state index in [1.165, 1.54) is 0 Å². The van der Waals surface area contributed by atoms with Gasteiger partial charge in [0.2, 0.25) is 0 Å². The van der Waals surface area contributed by atoms with Crippen molar-refractivity contribution in [1.29, 1.82) is 0 Å². The lowest BCUT2D eigenvalue weighted by Crippen LogP contribution is -2.67. The Morgan fingerprint density at radius 1 is 0.245 bits per heavy atom. The minimum Gasteiger partial charge on any atom is -0.497 e. The third-order valence-corrected chi connectivity index (χ3v) is 17.8. The predicted octanol–water partition coefficient (Wildman–Crippen LogP) is 13.5. The van der Waals surface area contributed by atoms with Gasteiger partial charge in [-0.05, 0) is 62.2 Å². The molecule has 0 unspecified atom stereocenters. The summed E-state index contributed by atoms with van der Waals surface area (Å²) in [7, 11) is 1.65. The van der Waals surface area contributed by atoms with Crippen molar-refractivity contribution in [3.63, 3.8) is 0 Å². The summed E-state index contributed by atoms with van der Waals surface area (Å²) < 4.78 is 113. The molecule has 4 fully saturated rings. The van der Waals surface area contributed by atoms with Gasteiger partial charge in [-0.3, -0.25) is 0 Å². The number of rotatable bonds is 35. The summed E-state index contributed by atoms with van der Waals surface area (Å²) in [6, 6.07) is 88.0. The van der Waals surface area contributed by atoms with Gasteiger partial charge in [-0.25, -0.2) is 0 Å². The summed E-state index contributed by atoms with van der Waals surface area (Å²) in [6.07, 6.45) is -13.0. The summed E-state index contributed by atoms with van der Waals surface area (Å²) in [5, 5.41) is 0. The molecule has 0 bridgehead atoms. The van der Waals surface area contributed by atoms with E-state index in [1.54, 1.807) is 7.11 Å². The molecule has 0 spiro atoms. The number of hydrogen-bond donors (Lipinski definition) is 0. The Bertz CT molecular complexity index is 3680. The number of epoxide rings is 1. The zero-order valence-corrected chi connectivity index (χ0v) is 55.1. The Balaban J connectivity index is 0.910. The minimum absolute atomic E-state index is 0.00532. The second kappa shape index (κ2) is 35.8. The van der Waals surface area contributed by atoms with E-state index in [9.17, 15) is 0 Å². The SMILES string of the molecule is COc1ccc(CO[C@H]2[C@@H](OCc3ccccc3)[C@@H](COCc3ccccc3)O[C@H](O[C@@H]3[C@H](OCc4ccccc4)[C@@H](OCc4ccccc4)[C@H](O[C@H]4[C@H](OCc5ccccc5)[C@H]5O[C@H]5O[C@@H]4COCc4ccccc4)O[C@@H]3COCc3ccccc3)[C@@H]2OCc2ccccc2)cc1. The van der Waals surface area contributed by atoms with Crippen LogP contribution in [0, 0.1) is 0 Å². The van der Waals surface area contributed by atoms with Gasteiger partial charge in [-0.2, -0.15) is 0 Å². The Morgan fingerprint density at radius 2 is 0.510 bits per heavy atom. The fraction of sp³-hybridized carbons (Fsp3) is 0.341. The molecule has 0 radical (unpaired) electrons. The van der Waals surface area contributed by atoms with Crippen LogP contribution in [0.4, 0.5) is 0 Å². The van der Waals surface area contributed by atoms with Gasteiger partial charge in [0.1, 0.15) is 79.0 Å². The molecular weight excluding hydrogens is 1240 g/mol. The maximum atomic E-state index is 7.83. The molecule has 9 aromatic rings. The molecule has 4 heterocycles. The van der Waals surface area contributed by atoms with E-state index >= 15 is 0 Å². The Morgan fingerprint density at radius 3 is 0.857 bits per heavy atom. The van der Waals surface area contributed by atoms with E-state index in [-0.39, 0.29) is 66.1 Å². The summed E-state index contributed by atoms with van der Waals surface area (Å²) in [4.78, 5) is 0. The zero-order valence-electron chi connectivity index (χ0n) is 55.1. The Hall–Kier alpha value is -7.82. The van der Waals surface area contributed by atoms with E-state index in [0.717, 1.165) is 55.8 Å². The molecule has 4 aliphatic heterocycles. The topological polar surface area (TPSA) is 151 Å². The van der Waals surface area contributed by atoms with Crippen LogP contribution in [-0.2, 0) is 131 Å². The first kappa shape index (κ1) is 68.7. The standard InChI is InChI=1S/C82H86O16/c1-83-67-44-42-66(43-45-67)54-88-74-71(87-49-61-32-16-5-17-33-61)68(55-84-46-58-26-10-2-11-27-58)93-80(77(74)91-52-64-38-22-8-23-39-64)96-72-69(56-85-47-59-28-12-3-13-29-59)94-81(78(92-53-65-40-24-9-25-41-65)75(72)89-50-62-34-18-6-19-35-62)97-73-70(57-86-48-60-30-14-4-15-31-60)95-82-79(98-82)76(73)90-51-63-36-20-7-21-37-63/h2-45,68-82H,46-57H2,1H3/t68-,69-,70-,71+,72+,73-,74+,75+,76+,77-,78-,79-,80-,81+,82-/m1/s1. The highest BCUT2D eigenvalue weighted by atomic mass is 16.8. The average molecular weight is 1330 g/mol. The van der Waals surface area contributed by atoms with Crippen LogP contribution in [0.5, 0.6) is 5.75 Å². The van der Waals surface area contributed by atoms with E-state index in [4.69, 9.17) is 75.8 Å². The van der Waals surface area contributed by atoms with Crippen LogP contribution < -0.4 is 4.74 Å². The normalized spacial score (nSPS) is 25.9. The number of fused-ring (bicyclic) bond motifs is 1. The lowest BCUT2D eigenvalue weighted by atomic mass is 9.95. The van der Waals surface area contributed by atoms with Gasteiger partial charge in [0.25, 0.3) is 0 Å². The first-order chi connectivity index (χ1) is 48.5. The van der Waals surface area contributed by atoms with Crippen LogP contribution >= 0.6 is 0 Å². The van der Waals surface area contributed by atoms with E-state index < -0.39 is 92.1 Å². The molecule has 0 N–H and O–H groups in total. The van der Waals surface area contributed by atoms with Crippen molar-refractivity contribution < 1.29 is 75.8 Å². The molecule has 98 heavy (non-hydrogen) atoms. The summed E-state index contributed by atoms with van der Waals surface area (Å²) in [5.41, 5.74) is 8.56. The van der Waals surface area contributed by atoms with Crippen molar-refractivity contribution in [3.8, 4) is 5.75 Å². The highest BCUT2D eigenvalue weighted by Crippen LogP contribution is 2.43. The van der Waals surface area contributed by atoms with Crippen LogP contribution in [0.3, 0.4) is 0 Å². The van der Waals surface area contributed by atoms with Crippen molar-refractivity contribution >= 4 is 0 Å². The lowest BCUT2D eigenvalue weighted by molar-refractivity contribution is -0.385. The van der Waals surface area contributed by atoms with E-state index in [2.05, 4.69) is 0 Å². The maximum Gasteiger partial charge on any atom is 0.187 e. The van der Waals surface area contributed by atoms with Crippen molar-refractivity contribution in [2.24, 2.45) is 0 Å². The smallest absolute Gasteiger partial charge is 0.187 e. The number of ether oxygens (including phenoxy) is 16. The molecule has 0 aromatic heterocycles. The maximum absolute atomic E-state index is 7.83. The number of benzene rings is 9. The van der Waals surface area contributed by atoms with Gasteiger partial charge in [-0.1, -0.05) is 255 Å². The largest absolute Gasteiger partial charge is 0.497 e. The van der Waals surface area contributed by atoms with Crippen LogP contribution in [-0.4, -0.2) is 119 Å². The van der Waals surface area contributed by atoms with Crippen molar-refractivity contribution in [2.45, 2.75) is 152 Å². The fourth-order valence-electron chi connectivity index (χ4n) is 12.6. The highest BCUT2D eigenvalue weighted by molar-refractivity contribution is 5.27. The Kier molecular flexibility index (Phi) is 25.1. The highest BCUT2D eigenvalue weighted by Gasteiger charge is 2.61. The predicted molar refractivity (Wildman–Crippen MR) is 366 cm³/mol. The second-order valence-electron chi connectivity index (χ2n) is 24.9. The average Bonchev–Trinajstić information content (AvgIpc) is 1.71. The fourth-order valence-corrected chi connectivity index (χ4v) is 12.6. The molecule has 16 nitrogen and oxygen atoms in total. The van der Waals surface area contributed by atoms with Gasteiger partial charge in [-0.15, -0.1) is 0 Å². The number of methoxy groups -OCH3 is 1.